The van der Waals surface area contributed by atoms with Crippen LogP contribution in [-0.2, 0) is 28.6 Å². The van der Waals surface area contributed by atoms with Crippen molar-refractivity contribution in [1.82, 2.24) is 20.0 Å². The van der Waals surface area contributed by atoms with Crippen LogP contribution in [0.3, 0.4) is 0 Å². The number of aromatic hydroxyl groups is 2. The lowest BCUT2D eigenvalue weighted by Crippen LogP contribution is -2.47. The standard InChI is InChI=1S/C51H75N7O12/c1-27(2)26-58-16-13-51(14-17-58)54-39-36-37-43(63)31(6)46-38(36)47(65)50(9,70-46)68-23-12-33(67-11)29(4)45(69-35(61)24-34(60)52-15-18-57-21-19-56(10)20-22-57)30(5)42(62)28(3)32(59)25-49(7,8)48(66)53-41(44(37)64)40(39)55-51/h12,23,27-30,32-33,42,45,54,59,62-64H,13-22,24-26H2,1-11H3,(H,52,60)/b23-12+,53-41?/t28-,29-,30-,32+,33+,42-,45-,50+/m1/s1. The van der Waals surface area contributed by atoms with Gasteiger partial charge in [-0.1, -0.05) is 48.5 Å². The number of aliphatic hydroxyl groups excluding tert-OH is 2. The summed E-state index contributed by atoms with van der Waals surface area (Å²) in [6.45, 7) is 22.4. The number of hydrogen-bond acceptors (Lipinski definition) is 17. The molecule has 8 atom stereocenters. The quantitative estimate of drug-likeness (QED) is 0.120. The highest BCUT2D eigenvalue weighted by Crippen LogP contribution is 2.51. The molecule has 2 aromatic carbocycles. The molecular formula is C51H75N7O12. The average Bonchev–Trinajstić information content (AvgIpc) is 3.80. The van der Waals surface area contributed by atoms with E-state index >= 15 is 0 Å². The van der Waals surface area contributed by atoms with Crippen LogP contribution >= 0.6 is 0 Å². The zero-order chi connectivity index (χ0) is 51.2. The van der Waals surface area contributed by atoms with Crippen molar-refractivity contribution in [2.24, 2.45) is 39.1 Å². The number of ketones is 1. The van der Waals surface area contributed by atoms with Crippen molar-refractivity contribution in [3.63, 3.8) is 0 Å². The number of benzene rings is 2. The predicted molar refractivity (Wildman–Crippen MR) is 260 cm³/mol. The Kier molecular flexibility index (Phi) is 15.6. The number of likely N-dealkylation sites (tertiary alicyclic amines) is 1. The second-order valence-electron chi connectivity index (χ2n) is 21.6. The number of fused-ring (bicyclic) bond motifs is 12. The Morgan fingerprint density at radius 2 is 1.61 bits per heavy atom. The summed E-state index contributed by atoms with van der Waals surface area (Å²) in [6.07, 6.45) is -1.46. The number of carbonyl (C=O) groups excluding carboxylic acids is 4. The number of esters is 1. The highest BCUT2D eigenvalue weighted by Gasteiger charge is 2.51. The van der Waals surface area contributed by atoms with E-state index in [0.29, 0.717) is 50.6 Å². The molecule has 6 N–H and O–H groups in total. The van der Waals surface area contributed by atoms with E-state index in [2.05, 4.69) is 51.2 Å². The topological polar surface area (TPSA) is 245 Å². The van der Waals surface area contributed by atoms with E-state index in [1.54, 1.807) is 41.5 Å². The third-order valence-corrected chi connectivity index (χ3v) is 15.3. The van der Waals surface area contributed by atoms with Crippen molar-refractivity contribution in [2.45, 2.75) is 124 Å². The SMILES string of the molecule is CO[C@H]1/C=C/O[C@@]2(C)Oc3c(C)c(O)c4c(O)c(c5c(c4c3C2=O)NC2(CCN(CC(C)C)CC2)N=5)=NC(=O)C(C)(C)C[C@H](O)[C@@H](C)[C@@H](O)[C@@H](C)[C@H](OC(=O)CC(=O)NCCN2CCN(C)CC2)[C@@H]1C. The van der Waals surface area contributed by atoms with E-state index in [-0.39, 0.29) is 44.8 Å². The van der Waals surface area contributed by atoms with Gasteiger partial charge in [0, 0.05) is 120 Å². The van der Waals surface area contributed by atoms with Crippen LogP contribution in [0.15, 0.2) is 22.3 Å². The fourth-order valence-corrected chi connectivity index (χ4v) is 10.7. The van der Waals surface area contributed by atoms with Gasteiger partial charge in [0.05, 0.1) is 41.2 Å². The minimum atomic E-state index is -2.00. The van der Waals surface area contributed by atoms with E-state index in [9.17, 15) is 39.6 Å². The maximum absolute atomic E-state index is 14.9. The van der Waals surface area contributed by atoms with Crippen LogP contribution in [0.25, 0.3) is 10.8 Å². The molecule has 6 aliphatic heterocycles. The van der Waals surface area contributed by atoms with Gasteiger partial charge in [-0.2, -0.15) is 0 Å². The summed E-state index contributed by atoms with van der Waals surface area (Å²) in [7, 11) is 3.50. The van der Waals surface area contributed by atoms with Crippen LogP contribution in [0.5, 0.6) is 17.2 Å². The molecule has 0 saturated carbocycles. The Morgan fingerprint density at radius 3 is 2.26 bits per heavy atom. The summed E-state index contributed by atoms with van der Waals surface area (Å²) in [5.41, 5.74) is -1.82. The lowest BCUT2D eigenvalue weighted by Gasteiger charge is -2.38. The molecular weight excluding hydrogens is 903 g/mol. The summed E-state index contributed by atoms with van der Waals surface area (Å²) >= 11 is 0. The first kappa shape index (κ1) is 52.9. The van der Waals surface area contributed by atoms with Crippen LogP contribution < -0.4 is 26.1 Å². The zero-order valence-electron chi connectivity index (χ0n) is 42.8. The van der Waals surface area contributed by atoms with Crippen molar-refractivity contribution in [3.8, 4) is 17.2 Å². The van der Waals surface area contributed by atoms with Crippen LogP contribution in [0.2, 0.25) is 0 Å². The molecule has 2 amide bonds. The molecule has 0 radical (unpaired) electrons. The van der Waals surface area contributed by atoms with E-state index in [1.807, 2.05) is 0 Å². The van der Waals surface area contributed by atoms with Gasteiger partial charge in [-0.3, -0.25) is 29.1 Å². The number of Topliss-reactive ketones (excluding diaryl/α,β-unsaturated/α-hetero) is 1. The highest BCUT2D eigenvalue weighted by molar-refractivity contribution is 6.21. The number of nitrogens with one attached hydrogen (secondary N) is 2. The van der Waals surface area contributed by atoms with Gasteiger partial charge >= 0.3 is 11.8 Å². The molecule has 0 aliphatic carbocycles. The molecule has 6 aliphatic rings. The lowest BCUT2D eigenvalue weighted by molar-refractivity contribution is -0.164. The normalized spacial score (nSPS) is 30.1. The Hall–Kier alpha value is -4.92. The molecule has 0 unspecified atom stereocenters. The number of methoxy groups -OCH3 is 1. The number of rotatable bonds is 9. The molecule has 19 heteroatoms. The molecule has 70 heavy (non-hydrogen) atoms. The number of carbonyl (C=O) groups is 4. The van der Waals surface area contributed by atoms with E-state index in [1.165, 1.54) is 26.4 Å². The fraction of sp³-hybridized carbons (Fsp3) is 0.686. The third kappa shape index (κ3) is 10.5. The summed E-state index contributed by atoms with van der Waals surface area (Å²) in [4.78, 5) is 72.5. The number of likely N-dealkylation sites (N-methyl/N-ethyl adjacent to an activating group) is 1. The number of piperidine rings is 1. The van der Waals surface area contributed by atoms with Crippen LogP contribution in [0, 0.1) is 36.0 Å². The van der Waals surface area contributed by atoms with Gasteiger partial charge < -0.3 is 59.8 Å². The average molecular weight is 978 g/mol. The molecule has 386 valence electrons. The summed E-state index contributed by atoms with van der Waals surface area (Å²) in [6, 6.07) is 0. The monoisotopic (exact) mass is 978 g/mol. The molecule has 6 heterocycles. The number of aliphatic hydroxyl groups is 2. The fourth-order valence-electron chi connectivity index (χ4n) is 10.7. The minimum Gasteiger partial charge on any atom is -0.507 e. The number of hydrogen-bond donors (Lipinski definition) is 6. The number of ether oxygens (including phenoxy) is 4. The number of phenols is 2. The highest BCUT2D eigenvalue weighted by atomic mass is 16.7. The first-order valence-corrected chi connectivity index (χ1v) is 24.8. The second kappa shape index (κ2) is 20.7. The van der Waals surface area contributed by atoms with E-state index in [0.717, 1.165) is 32.7 Å². The molecule has 2 aromatic rings. The van der Waals surface area contributed by atoms with Gasteiger partial charge in [-0.05, 0) is 32.4 Å². The van der Waals surface area contributed by atoms with Gasteiger partial charge in [0.25, 0.3) is 11.7 Å². The van der Waals surface area contributed by atoms with Gasteiger partial charge in [-0.25, -0.2) is 4.99 Å². The number of piperazine rings is 1. The van der Waals surface area contributed by atoms with Crippen LogP contribution in [0.1, 0.15) is 97.0 Å². The molecule has 5 bridgehead atoms. The molecule has 8 rings (SSSR count). The molecule has 0 aromatic heterocycles. The van der Waals surface area contributed by atoms with Crippen molar-refractivity contribution in [1.29, 1.82) is 0 Å². The van der Waals surface area contributed by atoms with Crippen molar-refractivity contribution < 1.29 is 58.6 Å². The Morgan fingerprint density at radius 1 is 0.943 bits per heavy atom. The zero-order valence-corrected chi connectivity index (χ0v) is 42.8. The first-order valence-electron chi connectivity index (χ1n) is 24.8. The number of nitrogens with zero attached hydrogens (tertiary/aromatic N) is 5. The number of anilines is 1. The van der Waals surface area contributed by atoms with E-state index < -0.39 is 101 Å². The molecule has 1 spiro atoms. The van der Waals surface area contributed by atoms with E-state index in [4.69, 9.17) is 23.9 Å². The Labute approximate surface area is 410 Å². The maximum atomic E-state index is 14.9. The lowest BCUT2D eigenvalue weighted by atomic mass is 9.76. The summed E-state index contributed by atoms with van der Waals surface area (Å²) < 4.78 is 24.4. The third-order valence-electron chi connectivity index (χ3n) is 15.3. The molecule has 2 fully saturated rings. The van der Waals surface area contributed by atoms with Gasteiger partial charge in [-0.15, -0.1) is 0 Å². The molecule has 19 nitrogen and oxygen atoms in total. The first-order chi connectivity index (χ1) is 32.9. The van der Waals surface area contributed by atoms with Crippen molar-refractivity contribution >= 4 is 40.0 Å². The second-order valence-corrected chi connectivity index (χ2v) is 21.6. The number of phenolic OH excluding ortho intramolecular Hbond substituents is 2. The van der Waals surface area contributed by atoms with Crippen molar-refractivity contribution in [3.05, 3.63) is 34.2 Å². The van der Waals surface area contributed by atoms with Crippen LogP contribution in [-0.4, -0.2) is 168 Å². The predicted octanol–water partition coefficient (Wildman–Crippen LogP) is 2.76. The minimum absolute atomic E-state index is 0.0285. The van der Waals surface area contributed by atoms with Gasteiger partial charge in [0.15, 0.2) is 5.75 Å². The largest absolute Gasteiger partial charge is 0.507 e. The van der Waals surface area contributed by atoms with Crippen molar-refractivity contribution in [2.75, 3.05) is 78.4 Å². The number of amides is 2. The molecule has 2 saturated heterocycles. The van der Waals surface area contributed by atoms with Gasteiger partial charge in [0.2, 0.25) is 5.91 Å². The van der Waals surface area contributed by atoms with Gasteiger partial charge in [0.1, 0.15) is 40.4 Å². The Balaban J connectivity index is 1.26. The Bertz CT molecular complexity index is 2500. The summed E-state index contributed by atoms with van der Waals surface area (Å²) in [5.74, 6) is -7.65. The van der Waals surface area contributed by atoms with Crippen LogP contribution in [0.4, 0.5) is 5.69 Å². The smallest absolute Gasteiger partial charge is 0.315 e. The summed E-state index contributed by atoms with van der Waals surface area (Å²) in [5, 5.41) is 54.3. The maximum Gasteiger partial charge on any atom is 0.315 e.